The molecule has 1 saturated heterocycles. The summed E-state index contributed by atoms with van der Waals surface area (Å²) in [7, 11) is 0. The Kier molecular flexibility index (Phi) is 5.04. The number of nitrogens with two attached hydrogens (primary N) is 1. The summed E-state index contributed by atoms with van der Waals surface area (Å²) in [5.74, 6) is -0.616. The standard InChI is InChI=1S/C12H22N2O3S/c1-4-5-9-14(8(6-18-9)10(15)16)11(17)12(2,3)7-13/h8-9H,4-7,13H2,1-3H3,(H,15,16). The summed E-state index contributed by atoms with van der Waals surface area (Å²) < 4.78 is 0. The van der Waals surface area contributed by atoms with E-state index in [-0.39, 0.29) is 17.8 Å². The molecule has 6 heteroatoms. The summed E-state index contributed by atoms with van der Waals surface area (Å²) in [6.07, 6.45) is 1.75. The van der Waals surface area contributed by atoms with Crippen LogP contribution in [0, 0.1) is 5.41 Å². The number of amides is 1. The minimum absolute atomic E-state index is 0.0329. The van der Waals surface area contributed by atoms with E-state index in [4.69, 9.17) is 5.73 Å². The van der Waals surface area contributed by atoms with Crippen LogP contribution >= 0.6 is 11.8 Å². The summed E-state index contributed by atoms with van der Waals surface area (Å²) in [5.41, 5.74) is 4.91. The topological polar surface area (TPSA) is 83.6 Å². The zero-order valence-electron chi connectivity index (χ0n) is 11.2. The molecular formula is C12H22N2O3S. The fraction of sp³-hybridized carbons (Fsp3) is 0.833. The van der Waals surface area contributed by atoms with Crippen LogP contribution in [0.3, 0.4) is 0 Å². The molecule has 0 saturated carbocycles. The van der Waals surface area contributed by atoms with E-state index in [1.807, 2.05) is 6.92 Å². The van der Waals surface area contributed by atoms with Gasteiger partial charge in [0.1, 0.15) is 6.04 Å². The Morgan fingerprint density at radius 1 is 1.50 bits per heavy atom. The number of carbonyl (C=O) groups excluding carboxylic acids is 1. The van der Waals surface area contributed by atoms with Crippen molar-refractivity contribution in [2.45, 2.75) is 45.0 Å². The van der Waals surface area contributed by atoms with E-state index in [9.17, 15) is 14.7 Å². The SMILES string of the molecule is CCCC1SCC(C(=O)O)N1C(=O)C(C)(C)CN. The number of aliphatic carboxylic acids is 1. The van der Waals surface area contributed by atoms with Gasteiger partial charge in [-0.1, -0.05) is 13.3 Å². The Morgan fingerprint density at radius 2 is 2.11 bits per heavy atom. The van der Waals surface area contributed by atoms with Crippen LogP contribution in [0.25, 0.3) is 0 Å². The molecule has 3 N–H and O–H groups in total. The van der Waals surface area contributed by atoms with Crippen molar-refractivity contribution in [3.63, 3.8) is 0 Å². The molecule has 0 bridgehead atoms. The second kappa shape index (κ2) is 5.93. The third kappa shape index (κ3) is 2.98. The van der Waals surface area contributed by atoms with Crippen LogP contribution in [0.5, 0.6) is 0 Å². The predicted octanol–water partition coefficient (Wildman–Crippen LogP) is 1.13. The van der Waals surface area contributed by atoms with E-state index in [2.05, 4.69) is 0 Å². The first kappa shape index (κ1) is 15.3. The summed E-state index contributed by atoms with van der Waals surface area (Å²) in [6.45, 7) is 5.78. The van der Waals surface area contributed by atoms with Crippen LogP contribution < -0.4 is 5.73 Å². The number of rotatable bonds is 5. The lowest BCUT2D eigenvalue weighted by Gasteiger charge is -2.34. The van der Waals surface area contributed by atoms with Gasteiger partial charge in [-0.05, 0) is 20.3 Å². The van der Waals surface area contributed by atoms with Gasteiger partial charge < -0.3 is 15.7 Å². The second-order valence-electron chi connectivity index (χ2n) is 5.23. The number of thioether (sulfide) groups is 1. The highest BCUT2D eigenvalue weighted by Crippen LogP contribution is 2.35. The molecule has 0 spiro atoms. The molecule has 5 nitrogen and oxygen atoms in total. The summed E-state index contributed by atoms with van der Waals surface area (Å²) >= 11 is 1.55. The lowest BCUT2D eigenvalue weighted by Crippen LogP contribution is -2.52. The van der Waals surface area contributed by atoms with Crippen molar-refractivity contribution < 1.29 is 14.7 Å². The zero-order valence-corrected chi connectivity index (χ0v) is 12.0. The Hall–Kier alpha value is -0.750. The first-order chi connectivity index (χ1) is 8.35. The molecule has 1 fully saturated rings. The highest BCUT2D eigenvalue weighted by Gasteiger charge is 2.45. The highest BCUT2D eigenvalue weighted by molar-refractivity contribution is 8.00. The van der Waals surface area contributed by atoms with Gasteiger partial charge in [-0.25, -0.2) is 4.79 Å². The van der Waals surface area contributed by atoms with Gasteiger partial charge in [0.05, 0.1) is 10.8 Å². The fourth-order valence-corrected chi connectivity index (χ4v) is 3.45. The highest BCUT2D eigenvalue weighted by atomic mass is 32.2. The van der Waals surface area contributed by atoms with Crippen molar-refractivity contribution in [2.75, 3.05) is 12.3 Å². The van der Waals surface area contributed by atoms with E-state index in [1.54, 1.807) is 25.6 Å². The molecule has 104 valence electrons. The number of hydrogen-bond donors (Lipinski definition) is 2. The van der Waals surface area contributed by atoms with Gasteiger partial charge in [-0.2, -0.15) is 0 Å². The first-order valence-electron chi connectivity index (χ1n) is 6.22. The first-order valence-corrected chi connectivity index (χ1v) is 7.27. The molecule has 0 aliphatic carbocycles. The molecule has 0 aromatic carbocycles. The van der Waals surface area contributed by atoms with Gasteiger partial charge in [-0.3, -0.25) is 4.79 Å². The minimum Gasteiger partial charge on any atom is -0.480 e. The van der Waals surface area contributed by atoms with Crippen molar-refractivity contribution in [2.24, 2.45) is 11.1 Å². The molecular weight excluding hydrogens is 252 g/mol. The van der Waals surface area contributed by atoms with Gasteiger partial charge in [-0.15, -0.1) is 11.8 Å². The normalized spacial score (nSPS) is 24.3. The van der Waals surface area contributed by atoms with Gasteiger partial charge in [0, 0.05) is 12.3 Å². The summed E-state index contributed by atoms with van der Waals surface area (Å²) in [5, 5.41) is 9.19. The lowest BCUT2D eigenvalue weighted by molar-refractivity contribution is -0.153. The molecule has 18 heavy (non-hydrogen) atoms. The average molecular weight is 274 g/mol. The number of carbonyl (C=O) groups is 2. The molecule has 1 amide bonds. The monoisotopic (exact) mass is 274 g/mol. The number of nitrogens with zero attached hydrogens (tertiary/aromatic N) is 1. The van der Waals surface area contributed by atoms with Crippen LogP contribution in [0.1, 0.15) is 33.6 Å². The van der Waals surface area contributed by atoms with Crippen LogP contribution in [-0.4, -0.2) is 45.6 Å². The van der Waals surface area contributed by atoms with E-state index < -0.39 is 17.4 Å². The molecule has 0 radical (unpaired) electrons. The molecule has 2 atom stereocenters. The van der Waals surface area contributed by atoms with Crippen molar-refractivity contribution in [3.8, 4) is 0 Å². The van der Waals surface area contributed by atoms with E-state index in [0.29, 0.717) is 5.75 Å². The molecule has 1 aliphatic rings. The molecule has 2 unspecified atom stereocenters. The zero-order chi connectivity index (χ0) is 13.9. The maximum atomic E-state index is 12.5. The third-order valence-corrected chi connectivity index (χ3v) is 4.59. The second-order valence-corrected chi connectivity index (χ2v) is 6.44. The molecule has 0 aromatic heterocycles. The van der Waals surface area contributed by atoms with E-state index in [1.165, 1.54) is 4.90 Å². The van der Waals surface area contributed by atoms with Crippen LogP contribution in [0.4, 0.5) is 0 Å². The van der Waals surface area contributed by atoms with E-state index in [0.717, 1.165) is 12.8 Å². The van der Waals surface area contributed by atoms with Crippen molar-refractivity contribution in [3.05, 3.63) is 0 Å². The number of hydrogen-bond acceptors (Lipinski definition) is 4. The number of carboxylic acids is 1. The van der Waals surface area contributed by atoms with Gasteiger partial charge in [0.25, 0.3) is 0 Å². The average Bonchev–Trinajstić information content (AvgIpc) is 2.72. The Labute approximate surface area is 112 Å². The summed E-state index contributed by atoms with van der Waals surface area (Å²) in [6, 6.07) is -0.718. The molecule has 0 aromatic rings. The Bertz CT molecular complexity index is 333. The third-order valence-electron chi connectivity index (χ3n) is 3.24. The molecule has 1 rings (SSSR count). The van der Waals surface area contributed by atoms with Crippen LogP contribution in [0.15, 0.2) is 0 Å². The van der Waals surface area contributed by atoms with Crippen molar-refractivity contribution >= 4 is 23.6 Å². The Morgan fingerprint density at radius 3 is 2.56 bits per heavy atom. The van der Waals surface area contributed by atoms with Crippen molar-refractivity contribution in [1.82, 2.24) is 4.90 Å². The number of carboxylic acid groups (broad SMARTS) is 1. The smallest absolute Gasteiger partial charge is 0.327 e. The lowest BCUT2D eigenvalue weighted by atomic mass is 9.91. The maximum absolute atomic E-state index is 12.5. The van der Waals surface area contributed by atoms with Crippen LogP contribution in [-0.2, 0) is 9.59 Å². The predicted molar refractivity (Wildman–Crippen MR) is 72.3 cm³/mol. The van der Waals surface area contributed by atoms with Crippen molar-refractivity contribution in [1.29, 1.82) is 0 Å². The van der Waals surface area contributed by atoms with E-state index >= 15 is 0 Å². The Balaban J connectivity index is 2.96. The van der Waals surface area contributed by atoms with Gasteiger partial charge >= 0.3 is 5.97 Å². The largest absolute Gasteiger partial charge is 0.480 e. The molecule has 1 aliphatic heterocycles. The maximum Gasteiger partial charge on any atom is 0.327 e. The summed E-state index contributed by atoms with van der Waals surface area (Å²) in [4.78, 5) is 25.2. The quantitative estimate of drug-likeness (QED) is 0.785. The fourth-order valence-electron chi connectivity index (χ4n) is 1.93. The van der Waals surface area contributed by atoms with Crippen LogP contribution in [0.2, 0.25) is 0 Å². The molecule has 1 heterocycles. The minimum atomic E-state index is -0.928. The van der Waals surface area contributed by atoms with Gasteiger partial charge in [0.2, 0.25) is 5.91 Å². The van der Waals surface area contributed by atoms with Gasteiger partial charge in [0.15, 0.2) is 0 Å².